The van der Waals surface area contributed by atoms with Gasteiger partial charge in [-0.25, -0.2) is 0 Å². The van der Waals surface area contributed by atoms with Crippen LogP contribution in [0.1, 0.15) is 18.1 Å². The zero-order chi connectivity index (χ0) is 8.27. The lowest BCUT2D eigenvalue weighted by Gasteiger charge is -1.99. The van der Waals surface area contributed by atoms with Gasteiger partial charge in [-0.2, -0.15) is 0 Å². The van der Waals surface area contributed by atoms with Gasteiger partial charge in [-0.3, -0.25) is 0 Å². The molecule has 1 rings (SSSR count). The van der Waals surface area contributed by atoms with E-state index in [1.54, 1.807) is 19.1 Å². The molecule has 1 aromatic carbocycles. The van der Waals surface area contributed by atoms with Crippen molar-refractivity contribution in [3.63, 3.8) is 0 Å². The van der Waals surface area contributed by atoms with Gasteiger partial charge in [-0.1, -0.05) is 12.0 Å². The molecule has 0 saturated carbocycles. The Morgan fingerprint density at radius 3 is 2.73 bits per heavy atom. The van der Waals surface area contributed by atoms with E-state index in [1.165, 1.54) is 0 Å². The number of phenolic OH excluding ortho intramolecular Hbond substituents is 1. The first-order valence-electron chi connectivity index (χ1n) is 3.47. The highest BCUT2D eigenvalue weighted by atomic mass is 16.3. The maximum atomic E-state index is 9.26. The van der Waals surface area contributed by atoms with Crippen LogP contribution in [0.3, 0.4) is 0 Å². The molecule has 56 valence electrons. The number of phenols is 1. The van der Waals surface area contributed by atoms with E-state index in [2.05, 4.69) is 11.8 Å². The Balaban J connectivity index is 3.23. The summed E-state index contributed by atoms with van der Waals surface area (Å²) < 4.78 is 0. The molecule has 1 nitrogen and oxygen atoms in total. The molecule has 1 N–H and O–H groups in total. The molecule has 0 unspecified atom stereocenters. The molecule has 0 aliphatic carbocycles. The average molecular weight is 146 g/mol. The summed E-state index contributed by atoms with van der Waals surface area (Å²) in [5, 5.41) is 9.26. The molecule has 0 aromatic heterocycles. The molecule has 0 spiro atoms. The Hall–Kier alpha value is -1.42. The van der Waals surface area contributed by atoms with Crippen LogP contribution in [0.5, 0.6) is 5.75 Å². The lowest BCUT2D eigenvalue weighted by Crippen LogP contribution is -1.81. The van der Waals surface area contributed by atoms with Crippen molar-refractivity contribution in [3.05, 3.63) is 29.3 Å². The van der Waals surface area contributed by atoms with Crippen LogP contribution >= 0.6 is 0 Å². The number of benzene rings is 1. The lowest BCUT2D eigenvalue weighted by molar-refractivity contribution is 0.471. The summed E-state index contributed by atoms with van der Waals surface area (Å²) in [5.41, 5.74) is 1.74. The standard InChI is InChI=1S/C10H10O/c1-3-5-9-6-4-7-10(11)8(9)2/h4,6-7,11H,1-2H3. The Morgan fingerprint density at radius 2 is 2.09 bits per heavy atom. The van der Waals surface area contributed by atoms with Gasteiger partial charge in [0, 0.05) is 11.1 Å². The summed E-state index contributed by atoms with van der Waals surface area (Å²) in [7, 11) is 0. The van der Waals surface area contributed by atoms with Gasteiger partial charge in [-0.05, 0) is 26.0 Å². The number of hydrogen-bond acceptors (Lipinski definition) is 1. The molecular formula is C10H10O. The second-order valence-electron chi connectivity index (χ2n) is 2.32. The van der Waals surface area contributed by atoms with Crippen molar-refractivity contribution in [1.29, 1.82) is 0 Å². The third-order valence-electron chi connectivity index (χ3n) is 1.56. The maximum absolute atomic E-state index is 9.26. The van der Waals surface area contributed by atoms with E-state index in [4.69, 9.17) is 0 Å². The molecule has 1 aromatic rings. The van der Waals surface area contributed by atoms with E-state index < -0.39 is 0 Å². The lowest BCUT2D eigenvalue weighted by atomic mass is 10.1. The minimum Gasteiger partial charge on any atom is -0.508 e. The van der Waals surface area contributed by atoms with Crippen LogP contribution in [-0.2, 0) is 0 Å². The fourth-order valence-electron chi connectivity index (χ4n) is 0.894. The van der Waals surface area contributed by atoms with E-state index in [0.29, 0.717) is 5.75 Å². The molecule has 0 heterocycles. The molecular weight excluding hydrogens is 136 g/mol. The van der Waals surface area contributed by atoms with Gasteiger partial charge >= 0.3 is 0 Å². The fraction of sp³-hybridized carbons (Fsp3) is 0.200. The molecule has 0 bridgehead atoms. The minimum atomic E-state index is 0.310. The van der Waals surface area contributed by atoms with Crippen molar-refractivity contribution in [2.24, 2.45) is 0 Å². The molecule has 0 amide bonds. The highest BCUT2D eigenvalue weighted by Crippen LogP contribution is 2.18. The zero-order valence-corrected chi connectivity index (χ0v) is 6.68. The SMILES string of the molecule is CC#Cc1cccc(O)c1C. The summed E-state index contributed by atoms with van der Waals surface area (Å²) in [4.78, 5) is 0. The largest absolute Gasteiger partial charge is 0.508 e. The highest BCUT2D eigenvalue weighted by Gasteiger charge is 1.97. The first-order valence-corrected chi connectivity index (χ1v) is 3.47. The second-order valence-corrected chi connectivity index (χ2v) is 2.32. The average Bonchev–Trinajstić information content (AvgIpc) is 1.99. The molecule has 0 radical (unpaired) electrons. The van der Waals surface area contributed by atoms with Crippen LogP contribution in [0.25, 0.3) is 0 Å². The number of hydrogen-bond donors (Lipinski definition) is 1. The summed E-state index contributed by atoms with van der Waals surface area (Å²) in [6, 6.07) is 5.35. The van der Waals surface area contributed by atoms with Crippen molar-refractivity contribution in [2.75, 3.05) is 0 Å². The Morgan fingerprint density at radius 1 is 1.36 bits per heavy atom. The molecule has 0 saturated heterocycles. The Bertz CT molecular complexity index is 315. The van der Waals surface area contributed by atoms with Crippen LogP contribution < -0.4 is 0 Å². The second kappa shape index (κ2) is 3.12. The summed E-state index contributed by atoms with van der Waals surface area (Å²) in [6.07, 6.45) is 0. The van der Waals surface area contributed by atoms with Crippen LogP contribution in [-0.4, -0.2) is 5.11 Å². The minimum absolute atomic E-state index is 0.310. The topological polar surface area (TPSA) is 20.2 Å². The van der Waals surface area contributed by atoms with E-state index in [-0.39, 0.29) is 0 Å². The Labute approximate surface area is 66.7 Å². The van der Waals surface area contributed by atoms with Gasteiger partial charge < -0.3 is 5.11 Å². The zero-order valence-electron chi connectivity index (χ0n) is 6.68. The van der Waals surface area contributed by atoms with Gasteiger partial charge in [0.15, 0.2) is 0 Å². The van der Waals surface area contributed by atoms with Crippen molar-refractivity contribution in [3.8, 4) is 17.6 Å². The quantitative estimate of drug-likeness (QED) is 0.555. The van der Waals surface area contributed by atoms with Crippen LogP contribution in [0, 0.1) is 18.8 Å². The summed E-state index contributed by atoms with van der Waals surface area (Å²) >= 11 is 0. The smallest absolute Gasteiger partial charge is 0.119 e. The monoisotopic (exact) mass is 146 g/mol. The van der Waals surface area contributed by atoms with Crippen molar-refractivity contribution >= 4 is 0 Å². The summed E-state index contributed by atoms with van der Waals surface area (Å²) in [5.74, 6) is 6.01. The molecule has 0 atom stereocenters. The number of rotatable bonds is 0. The first-order chi connectivity index (χ1) is 5.25. The van der Waals surface area contributed by atoms with E-state index >= 15 is 0 Å². The predicted molar refractivity (Wildman–Crippen MR) is 45.4 cm³/mol. The van der Waals surface area contributed by atoms with E-state index in [9.17, 15) is 5.11 Å². The van der Waals surface area contributed by atoms with Crippen LogP contribution in [0.4, 0.5) is 0 Å². The van der Waals surface area contributed by atoms with E-state index in [0.717, 1.165) is 11.1 Å². The van der Waals surface area contributed by atoms with Crippen LogP contribution in [0.15, 0.2) is 18.2 Å². The third kappa shape index (κ3) is 1.53. The van der Waals surface area contributed by atoms with Crippen molar-refractivity contribution < 1.29 is 5.11 Å². The fourth-order valence-corrected chi connectivity index (χ4v) is 0.894. The van der Waals surface area contributed by atoms with Crippen LogP contribution in [0.2, 0.25) is 0 Å². The predicted octanol–water partition coefficient (Wildman–Crippen LogP) is 2.07. The van der Waals surface area contributed by atoms with Gasteiger partial charge in [-0.15, -0.1) is 5.92 Å². The molecule has 11 heavy (non-hydrogen) atoms. The van der Waals surface area contributed by atoms with Gasteiger partial charge in [0.05, 0.1) is 0 Å². The van der Waals surface area contributed by atoms with Gasteiger partial charge in [0.25, 0.3) is 0 Å². The Kier molecular flexibility index (Phi) is 2.18. The number of aromatic hydroxyl groups is 1. The van der Waals surface area contributed by atoms with E-state index in [1.807, 2.05) is 13.0 Å². The third-order valence-corrected chi connectivity index (χ3v) is 1.56. The molecule has 1 heteroatoms. The maximum Gasteiger partial charge on any atom is 0.119 e. The first kappa shape index (κ1) is 7.68. The molecule has 0 aliphatic heterocycles. The van der Waals surface area contributed by atoms with Crippen molar-refractivity contribution in [1.82, 2.24) is 0 Å². The molecule has 0 fully saturated rings. The normalized spacial score (nSPS) is 8.55. The highest BCUT2D eigenvalue weighted by molar-refractivity contribution is 5.47. The van der Waals surface area contributed by atoms with Gasteiger partial charge in [0.2, 0.25) is 0 Å². The van der Waals surface area contributed by atoms with Gasteiger partial charge in [0.1, 0.15) is 5.75 Å². The van der Waals surface area contributed by atoms with Crippen molar-refractivity contribution in [2.45, 2.75) is 13.8 Å². The summed E-state index contributed by atoms with van der Waals surface area (Å²) in [6.45, 7) is 3.64. The molecule has 0 aliphatic rings.